The van der Waals surface area contributed by atoms with Crippen LogP contribution in [0.2, 0.25) is 0 Å². The Kier molecular flexibility index (Phi) is 4.01. The number of halogens is 1. The van der Waals surface area contributed by atoms with Gasteiger partial charge in [0.25, 0.3) is 0 Å². The number of aryl methyl sites for hydroxylation is 1. The number of alkyl halides is 1. The van der Waals surface area contributed by atoms with E-state index in [1.165, 1.54) is 5.69 Å². The highest BCUT2D eigenvalue weighted by Gasteiger charge is 2.04. The first kappa shape index (κ1) is 9.99. The first-order valence-corrected chi connectivity index (χ1v) is 5.99. The van der Waals surface area contributed by atoms with Crippen molar-refractivity contribution < 1.29 is 0 Å². The van der Waals surface area contributed by atoms with Gasteiger partial charge in [0.05, 0.1) is 5.69 Å². The molecule has 0 spiro atoms. The summed E-state index contributed by atoms with van der Waals surface area (Å²) in [4.78, 5) is 6.64. The minimum Gasteiger partial charge on any atom is -0.350 e. The molecule has 0 atom stereocenters. The highest BCUT2D eigenvalue weighted by atomic mass is 79.9. The lowest BCUT2D eigenvalue weighted by molar-refractivity contribution is 0.952. The Labute approximate surface area is 85.7 Å². The first-order valence-electron chi connectivity index (χ1n) is 3.99. The molecule has 4 heteroatoms. The SMILES string of the molecule is CCc1csc(N(C)CCBr)n1. The van der Waals surface area contributed by atoms with Gasteiger partial charge in [0.15, 0.2) is 5.13 Å². The van der Waals surface area contributed by atoms with E-state index in [-0.39, 0.29) is 0 Å². The Balaban J connectivity index is 2.61. The van der Waals surface area contributed by atoms with Crippen molar-refractivity contribution in [3.63, 3.8) is 0 Å². The lowest BCUT2D eigenvalue weighted by Crippen LogP contribution is -2.19. The van der Waals surface area contributed by atoms with Crippen LogP contribution >= 0.6 is 27.3 Å². The molecule has 0 radical (unpaired) electrons. The molecule has 0 aromatic carbocycles. The highest BCUT2D eigenvalue weighted by Crippen LogP contribution is 2.19. The van der Waals surface area contributed by atoms with Gasteiger partial charge in [-0.1, -0.05) is 22.9 Å². The minimum absolute atomic E-state index is 0.991. The van der Waals surface area contributed by atoms with Crippen molar-refractivity contribution in [1.29, 1.82) is 0 Å². The molecule has 2 nitrogen and oxygen atoms in total. The average molecular weight is 249 g/mol. The number of nitrogens with zero attached hydrogens (tertiary/aromatic N) is 2. The largest absolute Gasteiger partial charge is 0.350 e. The van der Waals surface area contributed by atoms with Gasteiger partial charge in [-0.05, 0) is 6.42 Å². The fourth-order valence-corrected chi connectivity index (χ4v) is 2.29. The Bertz CT molecular complexity index is 237. The van der Waals surface area contributed by atoms with Crippen molar-refractivity contribution in [3.05, 3.63) is 11.1 Å². The van der Waals surface area contributed by atoms with Crippen molar-refractivity contribution in [2.45, 2.75) is 13.3 Å². The summed E-state index contributed by atoms with van der Waals surface area (Å²) in [5.41, 5.74) is 1.19. The van der Waals surface area contributed by atoms with Crippen LogP contribution in [0.1, 0.15) is 12.6 Å². The van der Waals surface area contributed by atoms with Gasteiger partial charge in [0, 0.05) is 24.3 Å². The second-order valence-corrected chi connectivity index (χ2v) is 4.22. The molecular formula is C8H13BrN2S. The Morgan fingerprint density at radius 2 is 2.42 bits per heavy atom. The van der Waals surface area contributed by atoms with Gasteiger partial charge < -0.3 is 4.90 Å². The van der Waals surface area contributed by atoms with Gasteiger partial charge >= 0.3 is 0 Å². The van der Waals surface area contributed by atoms with Gasteiger partial charge in [-0.3, -0.25) is 0 Å². The summed E-state index contributed by atoms with van der Waals surface area (Å²) in [6.07, 6.45) is 1.03. The van der Waals surface area contributed by atoms with Crippen LogP contribution < -0.4 is 4.90 Å². The molecule has 0 fully saturated rings. The Hall–Kier alpha value is -0.0900. The average Bonchev–Trinajstić information content (AvgIpc) is 2.52. The zero-order valence-electron chi connectivity index (χ0n) is 7.38. The van der Waals surface area contributed by atoms with E-state index < -0.39 is 0 Å². The lowest BCUT2D eigenvalue weighted by atomic mass is 10.4. The summed E-state index contributed by atoms with van der Waals surface area (Å²) in [7, 11) is 2.07. The maximum atomic E-state index is 4.47. The molecular weight excluding hydrogens is 236 g/mol. The van der Waals surface area contributed by atoms with E-state index in [4.69, 9.17) is 0 Å². The molecule has 12 heavy (non-hydrogen) atoms. The van der Waals surface area contributed by atoms with Gasteiger partial charge in [-0.15, -0.1) is 11.3 Å². The topological polar surface area (TPSA) is 16.1 Å². The van der Waals surface area contributed by atoms with Crippen LogP contribution in [0.25, 0.3) is 0 Å². The summed E-state index contributed by atoms with van der Waals surface area (Å²) >= 11 is 5.12. The summed E-state index contributed by atoms with van der Waals surface area (Å²) in [5, 5.41) is 4.23. The minimum atomic E-state index is 0.991. The van der Waals surface area contributed by atoms with Crippen LogP contribution in [-0.4, -0.2) is 23.9 Å². The lowest BCUT2D eigenvalue weighted by Gasteiger charge is -2.12. The van der Waals surface area contributed by atoms with E-state index in [2.05, 4.69) is 45.2 Å². The zero-order chi connectivity index (χ0) is 8.97. The van der Waals surface area contributed by atoms with E-state index >= 15 is 0 Å². The molecule has 1 rings (SSSR count). The van der Waals surface area contributed by atoms with E-state index in [9.17, 15) is 0 Å². The van der Waals surface area contributed by atoms with Crippen LogP contribution in [0.3, 0.4) is 0 Å². The maximum absolute atomic E-state index is 4.47. The van der Waals surface area contributed by atoms with Crippen molar-refractivity contribution in [1.82, 2.24) is 4.98 Å². The molecule has 0 aliphatic carbocycles. The number of thiazole rings is 1. The predicted octanol–water partition coefficient (Wildman–Crippen LogP) is 2.54. The Morgan fingerprint density at radius 3 is 2.92 bits per heavy atom. The quantitative estimate of drug-likeness (QED) is 0.762. The molecule has 1 aromatic heterocycles. The molecule has 0 saturated heterocycles. The predicted molar refractivity (Wildman–Crippen MR) is 58.6 cm³/mol. The number of rotatable bonds is 4. The number of hydrogen-bond donors (Lipinski definition) is 0. The molecule has 1 aromatic rings. The molecule has 0 aliphatic rings. The number of aromatic nitrogens is 1. The van der Waals surface area contributed by atoms with E-state index in [0.29, 0.717) is 0 Å². The summed E-state index contributed by atoms with van der Waals surface area (Å²) in [6, 6.07) is 0. The standard InChI is InChI=1S/C8H13BrN2S/c1-3-7-6-12-8(10-7)11(2)5-4-9/h6H,3-5H2,1-2H3. The summed E-state index contributed by atoms with van der Waals surface area (Å²) < 4.78 is 0. The van der Waals surface area contributed by atoms with Crippen LogP contribution in [0.15, 0.2) is 5.38 Å². The third-order valence-electron chi connectivity index (χ3n) is 1.65. The number of hydrogen-bond acceptors (Lipinski definition) is 3. The maximum Gasteiger partial charge on any atom is 0.185 e. The van der Waals surface area contributed by atoms with Crippen LogP contribution in [0.5, 0.6) is 0 Å². The third-order valence-corrected chi connectivity index (χ3v) is 3.01. The molecule has 1 heterocycles. The van der Waals surface area contributed by atoms with Gasteiger partial charge in [-0.2, -0.15) is 0 Å². The molecule has 0 unspecified atom stereocenters. The molecule has 0 amide bonds. The monoisotopic (exact) mass is 248 g/mol. The molecule has 0 bridgehead atoms. The van der Waals surface area contributed by atoms with E-state index in [1.54, 1.807) is 11.3 Å². The first-order chi connectivity index (χ1) is 5.77. The van der Waals surface area contributed by atoms with E-state index in [1.807, 2.05) is 0 Å². The normalized spacial score (nSPS) is 10.2. The molecule has 68 valence electrons. The van der Waals surface area contributed by atoms with Crippen LogP contribution in [0.4, 0.5) is 5.13 Å². The third kappa shape index (κ3) is 2.45. The van der Waals surface area contributed by atoms with Crippen molar-refractivity contribution in [2.75, 3.05) is 23.8 Å². The smallest absolute Gasteiger partial charge is 0.185 e. The second kappa shape index (κ2) is 4.82. The van der Waals surface area contributed by atoms with Crippen molar-refractivity contribution in [2.24, 2.45) is 0 Å². The second-order valence-electron chi connectivity index (χ2n) is 2.59. The van der Waals surface area contributed by atoms with Crippen molar-refractivity contribution in [3.8, 4) is 0 Å². The fourth-order valence-electron chi connectivity index (χ4n) is 0.856. The Morgan fingerprint density at radius 1 is 1.67 bits per heavy atom. The van der Waals surface area contributed by atoms with E-state index in [0.717, 1.165) is 23.4 Å². The number of anilines is 1. The molecule has 0 N–H and O–H groups in total. The van der Waals surface area contributed by atoms with Crippen LogP contribution in [0, 0.1) is 0 Å². The molecule has 0 aliphatic heterocycles. The fraction of sp³-hybridized carbons (Fsp3) is 0.625. The zero-order valence-corrected chi connectivity index (χ0v) is 9.78. The highest BCUT2D eigenvalue weighted by molar-refractivity contribution is 9.09. The molecule has 0 saturated carbocycles. The van der Waals surface area contributed by atoms with Gasteiger partial charge in [0.2, 0.25) is 0 Å². The van der Waals surface area contributed by atoms with Gasteiger partial charge in [0.1, 0.15) is 0 Å². The van der Waals surface area contributed by atoms with Gasteiger partial charge in [-0.25, -0.2) is 4.98 Å². The summed E-state index contributed by atoms with van der Waals surface area (Å²) in [6.45, 7) is 3.14. The summed E-state index contributed by atoms with van der Waals surface area (Å²) in [5.74, 6) is 0. The van der Waals surface area contributed by atoms with Crippen LogP contribution in [-0.2, 0) is 6.42 Å². The van der Waals surface area contributed by atoms with Crippen molar-refractivity contribution >= 4 is 32.4 Å².